The van der Waals surface area contributed by atoms with E-state index in [0.717, 1.165) is 0 Å². The monoisotopic (exact) mass is 348 g/mol. The minimum absolute atomic E-state index is 0.0911. The van der Waals surface area contributed by atoms with E-state index in [-0.39, 0.29) is 18.2 Å². The second-order valence-corrected chi connectivity index (χ2v) is 6.20. The lowest BCUT2D eigenvalue weighted by Gasteiger charge is -2.17. The van der Waals surface area contributed by atoms with Crippen molar-refractivity contribution in [3.8, 4) is 0 Å². The van der Waals surface area contributed by atoms with Gasteiger partial charge < -0.3 is 10.2 Å². The molecule has 0 aliphatic carbocycles. The molecule has 3 rings (SSSR count). The maximum absolute atomic E-state index is 12.4. The van der Waals surface area contributed by atoms with E-state index in [9.17, 15) is 9.59 Å². The maximum atomic E-state index is 12.4. The van der Waals surface area contributed by atoms with E-state index < -0.39 is 5.92 Å². The van der Waals surface area contributed by atoms with Crippen LogP contribution in [0.2, 0.25) is 10.0 Å². The number of para-hydroxylation sites is 1. The number of carbonyl (C=O) groups is 2. The highest BCUT2D eigenvalue weighted by Crippen LogP contribution is 2.28. The SMILES string of the molecule is O=C(Nc1ccccc1Cl)[C@@H]1CC(=O)N(c2cccc(Cl)c2)C1. The van der Waals surface area contributed by atoms with Gasteiger partial charge in [-0.3, -0.25) is 9.59 Å². The van der Waals surface area contributed by atoms with E-state index >= 15 is 0 Å². The Morgan fingerprint density at radius 2 is 1.91 bits per heavy atom. The molecule has 1 saturated heterocycles. The third-order valence-corrected chi connectivity index (χ3v) is 4.31. The summed E-state index contributed by atoms with van der Waals surface area (Å²) >= 11 is 12.0. The Kier molecular flexibility index (Phi) is 4.55. The molecule has 1 atom stereocenters. The summed E-state index contributed by atoms with van der Waals surface area (Å²) in [5.41, 5.74) is 1.25. The first-order chi connectivity index (χ1) is 11.0. The highest BCUT2D eigenvalue weighted by Gasteiger charge is 2.35. The third-order valence-electron chi connectivity index (χ3n) is 3.75. The molecule has 2 aromatic rings. The molecular weight excluding hydrogens is 335 g/mol. The predicted octanol–water partition coefficient (Wildman–Crippen LogP) is 3.99. The minimum Gasteiger partial charge on any atom is -0.324 e. The second-order valence-electron chi connectivity index (χ2n) is 5.35. The molecule has 6 heteroatoms. The van der Waals surface area contributed by atoms with Gasteiger partial charge in [0.25, 0.3) is 0 Å². The van der Waals surface area contributed by atoms with Gasteiger partial charge in [-0.1, -0.05) is 41.4 Å². The summed E-state index contributed by atoms with van der Waals surface area (Å²) in [6, 6.07) is 14.1. The highest BCUT2D eigenvalue weighted by atomic mass is 35.5. The fraction of sp³-hybridized carbons (Fsp3) is 0.176. The topological polar surface area (TPSA) is 49.4 Å². The molecule has 1 aliphatic heterocycles. The minimum atomic E-state index is -0.419. The van der Waals surface area contributed by atoms with Crippen LogP contribution in [0.15, 0.2) is 48.5 Å². The van der Waals surface area contributed by atoms with Crippen molar-refractivity contribution in [2.45, 2.75) is 6.42 Å². The van der Waals surface area contributed by atoms with Crippen molar-refractivity contribution in [1.29, 1.82) is 0 Å². The first kappa shape index (κ1) is 15.8. The zero-order valence-electron chi connectivity index (χ0n) is 12.1. The van der Waals surface area contributed by atoms with Gasteiger partial charge in [-0.05, 0) is 30.3 Å². The van der Waals surface area contributed by atoms with Gasteiger partial charge in [0.2, 0.25) is 11.8 Å². The zero-order valence-corrected chi connectivity index (χ0v) is 13.6. The van der Waals surface area contributed by atoms with E-state index in [0.29, 0.717) is 28.0 Å². The van der Waals surface area contributed by atoms with Crippen LogP contribution in [0.1, 0.15) is 6.42 Å². The van der Waals surface area contributed by atoms with E-state index in [2.05, 4.69) is 5.32 Å². The van der Waals surface area contributed by atoms with Crippen molar-refractivity contribution in [2.24, 2.45) is 5.92 Å². The Morgan fingerprint density at radius 1 is 1.13 bits per heavy atom. The lowest BCUT2D eigenvalue weighted by molar-refractivity contribution is -0.122. The molecule has 1 fully saturated rings. The largest absolute Gasteiger partial charge is 0.324 e. The smallest absolute Gasteiger partial charge is 0.229 e. The Balaban J connectivity index is 1.72. The second kappa shape index (κ2) is 6.60. The molecule has 0 spiro atoms. The molecule has 1 heterocycles. The predicted molar refractivity (Wildman–Crippen MR) is 92.0 cm³/mol. The van der Waals surface area contributed by atoms with Crippen LogP contribution in [-0.2, 0) is 9.59 Å². The first-order valence-electron chi connectivity index (χ1n) is 7.16. The number of nitrogens with one attached hydrogen (secondary N) is 1. The zero-order chi connectivity index (χ0) is 16.4. The number of amides is 2. The standard InChI is InChI=1S/C17H14Cl2N2O2/c18-12-4-3-5-13(9-12)21-10-11(8-16(21)22)17(23)20-15-7-2-1-6-14(15)19/h1-7,9,11H,8,10H2,(H,20,23)/t11-/m1/s1. The molecule has 4 nitrogen and oxygen atoms in total. The molecule has 0 bridgehead atoms. The Hall–Kier alpha value is -2.04. The molecule has 118 valence electrons. The van der Waals surface area contributed by atoms with Gasteiger partial charge in [0.1, 0.15) is 0 Å². The van der Waals surface area contributed by atoms with Crippen LogP contribution in [0.3, 0.4) is 0 Å². The number of benzene rings is 2. The van der Waals surface area contributed by atoms with Crippen molar-refractivity contribution >= 4 is 46.4 Å². The summed E-state index contributed by atoms with van der Waals surface area (Å²) in [5, 5.41) is 3.80. The molecule has 0 radical (unpaired) electrons. The quantitative estimate of drug-likeness (QED) is 0.911. The van der Waals surface area contributed by atoms with Gasteiger partial charge in [-0.25, -0.2) is 0 Å². The molecule has 1 N–H and O–H groups in total. The lowest BCUT2D eigenvalue weighted by Crippen LogP contribution is -2.28. The van der Waals surface area contributed by atoms with Gasteiger partial charge in [-0.15, -0.1) is 0 Å². The maximum Gasteiger partial charge on any atom is 0.229 e. The van der Waals surface area contributed by atoms with Crippen LogP contribution in [0.5, 0.6) is 0 Å². The lowest BCUT2D eigenvalue weighted by atomic mass is 10.1. The van der Waals surface area contributed by atoms with E-state index in [1.807, 2.05) is 0 Å². The number of nitrogens with zero attached hydrogens (tertiary/aromatic N) is 1. The summed E-state index contributed by atoms with van der Waals surface area (Å²) in [5.74, 6) is -0.722. The number of halogens is 2. The molecule has 2 amide bonds. The number of anilines is 2. The summed E-state index contributed by atoms with van der Waals surface area (Å²) < 4.78 is 0. The average Bonchev–Trinajstić information content (AvgIpc) is 2.92. The van der Waals surface area contributed by atoms with Crippen LogP contribution < -0.4 is 10.2 Å². The van der Waals surface area contributed by atoms with Crippen LogP contribution in [-0.4, -0.2) is 18.4 Å². The molecule has 0 unspecified atom stereocenters. The summed E-state index contributed by atoms with van der Waals surface area (Å²) in [6.45, 7) is 0.329. The number of hydrogen-bond donors (Lipinski definition) is 1. The third kappa shape index (κ3) is 3.49. The van der Waals surface area contributed by atoms with Crippen LogP contribution in [0.4, 0.5) is 11.4 Å². The van der Waals surface area contributed by atoms with E-state index in [1.165, 1.54) is 0 Å². The van der Waals surface area contributed by atoms with Crippen LogP contribution in [0.25, 0.3) is 0 Å². The summed E-state index contributed by atoms with van der Waals surface area (Å²) in [6.07, 6.45) is 0.169. The Bertz CT molecular complexity index is 764. The number of rotatable bonds is 3. The van der Waals surface area contributed by atoms with E-state index in [1.54, 1.807) is 53.4 Å². The van der Waals surface area contributed by atoms with Crippen molar-refractivity contribution in [1.82, 2.24) is 0 Å². The van der Waals surface area contributed by atoms with Gasteiger partial charge in [0.15, 0.2) is 0 Å². The van der Waals surface area contributed by atoms with Gasteiger partial charge >= 0.3 is 0 Å². The number of carbonyl (C=O) groups excluding carboxylic acids is 2. The van der Waals surface area contributed by atoms with Crippen LogP contribution >= 0.6 is 23.2 Å². The van der Waals surface area contributed by atoms with E-state index in [4.69, 9.17) is 23.2 Å². The normalized spacial score (nSPS) is 17.4. The summed E-state index contributed by atoms with van der Waals surface area (Å²) in [4.78, 5) is 26.2. The molecule has 0 saturated carbocycles. The van der Waals surface area contributed by atoms with Crippen molar-refractivity contribution < 1.29 is 9.59 Å². The van der Waals surface area contributed by atoms with Crippen molar-refractivity contribution in [3.63, 3.8) is 0 Å². The number of hydrogen-bond acceptors (Lipinski definition) is 2. The Morgan fingerprint density at radius 3 is 2.65 bits per heavy atom. The van der Waals surface area contributed by atoms with Gasteiger partial charge in [0.05, 0.1) is 16.6 Å². The molecule has 23 heavy (non-hydrogen) atoms. The molecule has 2 aromatic carbocycles. The fourth-order valence-electron chi connectivity index (χ4n) is 2.57. The fourth-order valence-corrected chi connectivity index (χ4v) is 2.94. The molecule has 0 aromatic heterocycles. The summed E-state index contributed by atoms with van der Waals surface area (Å²) in [7, 11) is 0. The van der Waals surface area contributed by atoms with Gasteiger partial charge in [0, 0.05) is 23.7 Å². The Labute approximate surface area is 144 Å². The van der Waals surface area contributed by atoms with Crippen molar-refractivity contribution in [2.75, 3.05) is 16.8 Å². The average molecular weight is 349 g/mol. The first-order valence-corrected chi connectivity index (χ1v) is 7.91. The van der Waals surface area contributed by atoms with Gasteiger partial charge in [-0.2, -0.15) is 0 Å². The highest BCUT2D eigenvalue weighted by molar-refractivity contribution is 6.33. The van der Waals surface area contributed by atoms with Crippen LogP contribution in [0, 0.1) is 5.92 Å². The molecular formula is C17H14Cl2N2O2. The molecule has 1 aliphatic rings. The van der Waals surface area contributed by atoms with Crippen molar-refractivity contribution in [3.05, 3.63) is 58.6 Å².